The lowest BCUT2D eigenvalue weighted by Crippen LogP contribution is -2.38. The highest BCUT2D eigenvalue weighted by molar-refractivity contribution is 6.08. The molecule has 3 aromatic carbocycles. The lowest BCUT2D eigenvalue weighted by molar-refractivity contribution is -0.130. The monoisotopic (exact) mass is 468 g/mol. The molecule has 1 aliphatic rings. The predicted molar refractivity (Wildman–Crippen MR) is 132 cm³/mol. The summed E-state index contributed by atoms with van der Waals surface area (Å²) in [5.41, 5.74) is 3.50. The number of H-pyrrole nitrogens is 1. The minimum Gasteiger partial charge on any atom is -0.489 e. The standard InChI is InChI=1S/C27H24N4O4/c32-25(29-20-10-12-21(13-11-20)35-17-18-6-2-1-3-7-18)16-31-26(33)24(30-27(31)34)14-19-15-28-23-9-5-4-8-22(19)23/h1-13,15,24,28H,14,16-17H2,(H,29,32)(H,30,34). The number of anilines is 1. The summed E-state index contributed by atoms with van der Waals surface area (Å²) in [6.45, 7) is 0.0831. The fourth-order valence-electron chi connectivity index (χ4n) is 4.10. The molecule has 35 heavy (non-hydrogen) atoms. The van der Waals surface area contributed by atoms with E-state index < -0.39 is 23.9 Å². The van der Waals surface area contributed by atoms with E-state index in [0.29, 0.717) is 24.5 Å². The van der Waals surface area contributed by atoms with Gasteiger partial charge in [-0.2, -0.15) is 0 Å². The summed E-state index contributed by atoms with van der Waals surface area (Å²) in [6, 6.07) is 23.2. The summed E-state index contributed by atoms with van der Waals surface area (Å²) >= 11 is 0. The lowest BCUT2D eigenvalue weighted by atomic mass is 10.1. The second kappa shape index (κ2) is 9.72. The van der Waals surface area contributed by atoms with E-state index in [1.807, 2.05) is 60.8 Å². The Balaban J connectivity index is 1.15. The summed E-state index contributed by atoms with van der Waals surface area (Å²) in [7, 11) is 0. The van der Waals surface area contributed by atoms with E-state index in [-0.39, 0.29) is 6.54 Å². The largest absolute Gasteiger partial charge is 0.489 e. The van der Waals surface area contributed by atoms with Gasteiger partial charge in [-0.3, -0.25) is 14.5 Å². The number of hydrogen-bond acceptors (Lipinski definition) is 4. The van der Waals surface area contributed by atoms with Gasteiger partial charge in [0.2, 0.25) is 5.91 Å². The molecule has 0 bridgehead atoms. The van der Waals surface area contributed by atoms with Crippen molar-refractivity contribution < 1.29 is 19.1 Å². The molecule has 0 radical (unpaired) electrons. The molecular weight excluding hydrogens is 444 g/mol. The van der Waals surface area contributed by atoms with Gasteiger partial charge in [-0.25, -0.2) is 4.79 Å². The molecule has 1 unspecified atom stereocenters. The Morgan fingerprint density at radius 3 is 2.49 bits per heavy atom. The summed E-state index contributed by atoms with van der Waals surface area (Å²) in [5.74, 6) is -0.208. The van der Waals surface area contributed by atoms with Crippen molar-refractivity contribution in [3.63, 3.8) is 0 Å². The van der Waals surface area contributed by atoms with Gasteiger partial charge >= 0.3 is 6.03 Å². The second-order valence-corrected chi connectivity index (χ2v) is 8.34. The number of para-hydroxylation sites is 1. The van der Waals surface area contributed by atoms with E-state index in [0.717, 1.165) is 26.9 Å². The van der Waals surface area contributed by atoms with Gasteiger partial charge in [-0.1, -0.05) is 48.5 Å². The second-order valence-electron chi connectivity index (χ2n) is 8.34. The number of nitrogens with zero attached hydrogens (tertiary/aromatic N) is 1. The molecular formula is C27H24N4O4. The number of carbonyl (C=O) groups excluding carboxylic acids is 3. The minimum absolute atomic E-state index is 0.344. The first-order chi connectivity index (χ1) is 17.1. The van der Waals surface area contributed by atoms with Gasteiger partial charge in [-0.05, 0) is 41.5 Å². The number of carbonyl (C=O) groups is 3. The zero-order chi connectivity index (χ0) is 24.2. The molecule has 176 valence electrons. The maximum Gasteiger partial charge on any atom is 0.325 e. The topological polar surface area (TPSA) is 104 Å². The third kappa shape index (κ3) is 5.01. The predicted octanol–water partition coefficient (Wildman–Crippen LogP) is 3.85. The molecule has 1 fully saturated rings. The number of aromatic nitrogens is 1. The molecule has 1 saturated heterocycles. The number of aromatic amines is 1. The number of fused-ring (bicyclic) bond motifs is 1. The third-order valence-corrected chi connectivity index (χ3v) is 5.89. The smallest absolute Gasteiger partial charge is 0.325 e. The van der Waals surface area contributed by atoms with E-state index in [2.05, 4.69) is 15.6 Å². The highest BCUT2D eigenvalue weighted by atomic mass is 16.5. The first kappa shape index (κ1) is 22.2. The molecule has 1 atom stereocenters. The summed E-state index contributed by atoms with van der Waals surface area (Å²) in [4.78, 5) is 41.9. The van der Waals surface area contributed by atoms with Gasteiger partial charge in [0.25, 0.3) is 5.91 Å². The number of hydrogen-bond donors (Lipinski definition) is 3. The van der Waals surface area contributed by atoms with Crippen LogP contribution < -0.4 is 15.4 Å². The molecule has 3 N–H and O–H groups in total. The van der Waals surface area contributed by atoms with Gasteiger partial charge < -0.3 is 20.4 Å². The van der Waals surface area contributed by atoms with Gasteiger partial charge in [0.15, 0.2) is 0 Å². The van der Waals surface area contributed by atoms with Crippen LogP contribution in [-0.2, 0) is 22.6 Å². The van der Waals surface area contributed by atoms with Crippen molar-refractivity contribution in [2.24, 2.45) is 0 Å². The van der Waals surface area contributed by atoms with Crippen LogP contribution in [0.4, 0.5) is 10.5 Å². The Morgan fingerprint density at radius 1 is 0.943 bits per heavy atom. The Hall–Kier alpha value is -4.59. The van der Waals surface area contributed by atoms with Crippen LogP contribution in [0.1, 0.15) is 11.1 Å². The Bertz CT molecular complexity index is 1360. The van der Waals surface area contributed by atoms with Crippen molar-refractivity contribution in [3.05, 3.63) is 96.2 Å². The number of urea groups is 1. The van der Waals surface area contributed by atoms with Crippen molar-refractivity contribution in [3.8, 4) is 5.75 Å². The fraction of sp³-hybridized carbons (Fsp3) is 0.148. The molecule has 5 rings (SSSR count). The van der Waals surface area contributed by atoms with Gasteiger partial charge in [0.05, 0.1) is 0 Å². The van der Waals surface area contributed by atoms with Crippen molar-refractivity contribution in [1.82, 2.24) is 15.2 Å². The number of imide groups is 1. The van der Waals surface area contributed by atoms with Crippen molar-refractivity contribution >= 4 is 34.4 Å². The number of benzene rings is 3. The van der Waals surface area contributed by atoms with Gasteiger partial charge in [-0.15, -0.1) is 0 Å². The number of nitrogens with one attached hydrogen (secondary N) is 3. The van der Waals surface area contributed by atoms with Crippen molar-refractivity contribution in [2.45, 2.75) is 19.1 Å². The Morgan fingerprint density at radius 2 is 1.69 bits per heavy atom. The SMILES string of the molecule is O=C(CN1C(=O)NC(Cc2c[nH]c3ccccc23)C1=O)Nc1ccc(OCc2ccccc2)cc1. The summed E-state index contributed by atoms with van der Waals surface area (Å²) in [5, 5.41) is 6.41. The van der Waals surface area contributed by atoms with Crippen molar-refractivity contribution in [1.29, 1.82) is 0 Å². The zero-order valence-corrected chi connectivity index (χ0v) is 18.9. The van der Waals surface area contributed by atoms with Crippen LogP contribution in [0, 0.1) is 0 Å². The van der Waals surface area contributed by atoms with E-state index in [1.165, 1.54) is 0 Å². The molecule has 0 spiro atoms. The maximum absolute atomic E-state index is 12.8. The highest BCUT2D eigenvalue weighted by Crippen LogP contribution is 2.21. The average Bonchev–Trinajstić information content (AvgIpc) is 3.40. The van der Waals surface area contributed by atoms with Crippen LogP contribution in [0.25, 0.3) is 10.9 Å². The molecule has 4 aromatic rings. The third-order valence-electron chi connectivity index (χ3n) is 5.89. The average molecular weight is 469 g/mol. The Labute approximate surface area is 201 Å². The van der Waals surface area contributed by atoms with E-state index in [9.17, 15) is 14.4 Å². The number of rotatable bonds is 8. The first-order valence-electron chi connectivity index (χ1n) is 11.3. The zero-order valence-electron chi connectivity index (χ0n) is 18.9. The highest BCUT2D eigenvalue weighted by Gasteiger charge is 2.39. The van der Waals surface area contributed by atoms with Crippen LogP contribution in [0.3, 0.4) is 0 Å². The fourth-order valence-corrected chi connectivity index (χ4v) is 4.10. The Kier molecular flexibility index (Phi) is 6.17. The maximum atomic E-state index is 12.8. The van der Waals surface area contributed by atoms with Crippen LogP contribution in [0.15, 0.2) is 85.1 Å². The molecule has 1 aliphatic heterocycles. The van der Waals surface area contributed by atoms with Gasteiger partial charge in [0.1, 0.15) is 24.9 Å². The number of amides is 4. The normalized spacial score (nSPS) is 15.3. The minimum atomic E-state index is -0.712. The molecule has 0 saturated carbocycles. The lowest BCUT2D eigenvalue weighted by Gasteiger charge is -2.13. The first-order valence-corrected chi connectivity index (χ1v) is 11.3. The van der Waals surface area contributed by atoms with E-state index >= 15 is 0 Å². The van der Waals surface area contributed by atoms with Crippen LogP contribution in [0.5, 0.6) is 5.75 Å². The van der Waals surface area contributed by atoms with E-state index in [4.69, 9.17) is 4.74 Å². The van der Waals surface area contributed by atoms with Gasteiger partial charge in [0, 0.05) is 29.2 Å². The molecule has 8 heteroatoms. The molecule has 0 aliphatic carbocycles. The molecule has 4 amide bonds. The molecule has 1 aromatic heterocycles. The summed E-state index contributed by atoms with van der Waals surface area (Å²) < 4.78 is 5.75. The summed E-state index contributed by atoms with van der Waals surface area (Å²) in [6.07, 6.45) is 2.18. The molecule has 8 nitrogen and oxygen atoms in total. The molecule has 2 heterocycles. The van der Waals surface area contributed by atoms with Crippen LogP contribution in [0.2, 0.25) is 0 Å². The van der Waals surface area contributed by atoms with Crippen molar-refractivity contribution in [2.75, 3.05) is 11.9 Å². The van der Waals surface area contributed by atoms with Crippen LogP contribution >= 0.6 is 0 Å². The quantitative estimate of drug-likeness (QED) is 0.342. The van der Waals surface area contributed by atoms with E-state index in [1.54, 1.807) is 24.3 Å². The van der Waals surface area contributed by atoms with Crippen LogP contribution in [-0.4, -0.2) is 40.3 Å². The number of ether oxygens (including phenoxy) is 1.